The number of nitrogens with zero attached hydrogens (tertiary/aromatic N) is 1. The fraction of sp³-hybridized carbons (Fsp3) is 0.176. The van der Waals surface area contributed by atoms with E-state index in [1.54, 1.807) is 24.3 Å². The van der Waals surface area contributed by atoms with Gasteiger partial charge in [-0.3, -0.25) is 4.79 Å². The normalized spacial score (nSPS) is 13.2. The Morgan fingerprint density at radius 2 is 1.80 bits per heavy atom. The van der Waals surface area contributed by atoms with E-state index in [4.69, 9.17) is 0 Å². The maximum absolute atomic E-state index is 12.4. The molecule has 0 bridgehead atoms. The minimum absolute atomic E-state index is 0.0256. The van der Waals surface area contributed by atoms with Gasteiger partial charge in [0.15, 0.2) is 5.78 Å². The molecule has 20 heavy (non-hydrogen) atoms. The third kappa shape index (κ3) is 2.81. The first-order chi connectivity index (χ1) is 9.60. The standard InChI is InChI=1S/C17H14BrNO/c1-17(11-18,12-19)15-9-5-8-14(10-15)16(20)13-6-3-2-4-7-13/h2-10H,11H2,1H3. The van der Waals surface area contributed by atoms with Gasteiger partial charge in [0.05, 0.1) is 11.5 Å². The molecular weight excluding hydrogens is 314 g/mol. The van der Waals surface area contributed by atoms with Gasteiger partial charge in [-0.15, -0.1) is 0 Å². The van der Waals surface area contributed by atoms with E-state index in [1.807, 2.05) is 37.3 Å². The lowest BCUT2D eigenvalue weighted by Crippen LogP contribution is -2.21. The smallest absolute Gasteiger partial charge is 0.193 e. The molecule has 0 spiro atoms. The van der Waals surface area contributed by atoms with Crippen LogP contribution in [0, 0.1) is 11.3 Å². The van der Waals surface area contributed by atoms with Crippen LogP contribution in [0.5, 0.6) is 0 Å². The van der Waals surface area contributed by atoms with Crippen molar-refractivity contribution in [3.05, 3.63) is 71.3 Å². The molecule has 0 radical (unpaired) electrons. The molecule has 0 fully saturated rings. The number of benzene rings is 2. The summed E-state index contributed by atoms with van der Waals surface area (Å²) in [6.07, 6.45) is 0. The van der Waals surface area contributed by atoms with Crippen LogP contribution >= 0.6 is 15.9 Å². The van der Waals surface area contributed by atoms with Crippen LogP contribution in [0.2, 0.25) is 0 Å². The Kier molecular flexibility index (Phi) is 4.36. The lowest BCUT2D eigenvalue weighted by atomic mass is 9.85. The highest BCUT2D eigenvalue weighted by atomic mass is 79.9. The number of alkyl halides is 1. The number of carbonyl (C=O) groups excluding carboxylic acids is 1. The Morgan fingerprint density at radius 1 is 1.15 bits per heavy atom. The summed E-state index contributed by atoms with van der Waals surface area (Å²) in [4.78, 5) is 12.4. The van der Waals surface area contributed by atoms with Crippen LogP contribution in [-0.2, 0) is 5.41 Å². The third-order valence-corrected chi connectivity index (χ3v) is 4.43. The summed E-state index contributed by atoms with van der Waals surface area (Å²) in [5, 5.41) is 9.85. The van der Waals surface area contributed by atoms with Gasteiger partial charge in [-0.05, 0) is 18.6 Å². The number of carbonyl (C=O) groups is 1. The van der Waals surface area contributed by atoms with E-state index >= 15 is 0 Å². The minimum atomic E-state index is -0.632. The summed E-state index contributed by atoms with van der Waals surface area (Å²) in [6.45, 7) is 1.86. The Hall–Kier alpha value is -1.92. The van der Waals surface area contributed by atoms with E-state index in [0.717, 1.165) is 5.56 Å². The molecule has 2 aromatic rings. The molecule has 0 saturated heterocycles. The second-order valence-electron chi connectivity index (χ2n) is 4.85. The number of ketones is 1. The van der Waals surface area contributed by atoms with Gasteiger partial charge in [-0.1, -0.05) is 64.5 Å². The van der Waals surface area contributed by atoms with Crippen molar-refractivity contribution in [2.75, 3.05) is 5.33 Å². The van der Waals surface area contributed by atoms with Gasteiger partial charge in [0.2, 0.25) is 0 Å². The molecule has 1 unspecified atom stereocenters. The van der Waals surface area contributed by atoms with Gasteiger partial charge in [0.1, 0.15) is 0 Å². The van der Waals surface area contributed by atoms with E-state index in [2.05, 4.69) is 22.0 Å². The number of hydrogen-bond donors (Lipinski definition) is 0. The van der Waals surface area contributed by atoms with E-state index in [9.17, 15) is 10.1 Å². The van der Waals surface area contributed by atoms with Crippen molar-refractivity contribution in [1.82, 2.24) is 0 Å². The number of rotatable bonds is 4. The Morgan fingerprint density at radius 3 is 2.40 bits per heavy atom. The lowest BCUT2D eigenvalue weighted by molar-refractivity contribution is 0.103. The second-order valence-corrected chi connectivity index (χ2v) is 5.41. The van der Waals surface area contributed by atoms with Gasteiger partial charge >= 0.3 is 0 Å². The highest BCUT2D eigenvalue weighted by Crippen LogP contribution is 2.26. The molecule has 0 aromatic heterocycles. The van der Waals surface area contributed by atoms with Crippen LogP contribution in [0.3, 0.4) is 0 Å². The van der Waals surface area contributed by atoms with E-state index in [0.29, 0.717) is 16.5 Å². The summed E-state index contributed by atoms with van der Waals surface area (Å²) >= 11 is 3.37. The third-order valence-electron chi connectivity index (χ3n) is 3.31. The zero-order chi connectivity index (χ0) is 14.6. The quantitative estimate of drug-likeness (QED) is 0.626. The van der Waals surface area contributed by atoms with Gasteiger partial charge in [0.25, 0.3) is 0 Å². The second kappa shape index (κ2) is 6.02. The molecule has 100 valence electrons. The predicted octanol–water partition coefficient (Wildman–Crippen LogP) is 4.09. The van der Waals surface area contributed by atoms with Crippen LogP contribution in [0.25, 0.3) is 0 Å². The first kappa shape index (κ1) is 14.5. The van der Waals surface area contributed by atoms with Gasteiger partial charge in [0, 0.05) is 16.5 Å². The minimum Gasteiger partial charge on any atom is -0.289 e. The lowest BCUT2D eigenvalue weighted by Gasteiger charge is -2.19. The first-order valence-corrected chi connectivity index (χ1v) is 7.40. The van der Waals surface area contributed by atoms with Crippen molar-refractivity contribution in [3.63, 3.8) is 0 Å². The van der Waals surface area contributed by atoms with Crippen molar-refractivity contribution >= 4 is 21.7 Å². The average Bonchev–Trinajstić information content (AvgIpc) is 2.54. The molecule has 0 N–H and O–H groups in total. The largest absolute Gasteiger partial charge is 0.289 e. The molecule has 2 rings (SSSR count). The van der Waals surface area contributed by atoms with Crippen LogP contribution in [-0.4, -0.2) is 11.1 Å². The molecule has 0 aliphatic rings. The van der Waals surface area contributed by atoms with Crippen LogP contribution in [0.1, 0.15) is 28.4 Å². The average molecular weight is 328 g/mol. The predicted molar refractivity (Wildman–Crippen MR) is 83.1 cm³/mol. The summed E-state index contributed by atoms with van der Waals surface area (Å²) in [7, 11) is 0. The zero-order valence-corrected chi connectivity index (χ0v) is 12.7. The topological polar surface area (TPSA) is 40.9 Å². The van der Waals surface area contributed by atoms with Gasteiger partial charge < -0.3 is 0 Å². The molecule has 0 heterocycles. The highest BCUT2D eigenvalue weighted by molar-refractivity contribution is 9.09. The number of halogens is 1. The summed E-state index contributed by atoms with van der Waals surface area (Å²) in [6, 6.07) is 18.7. The monoisotopic (exact) mass is 327 g/mol. The molecule has 0 saturated carbocycles. The van der Waals surface area contributed by atoms with E-state index in [-0.39, 0.29) is 5.78 Å². The summed E-state index contributed by atoms with van der Waals surface area (Å²) in [5.41, 5.74) is 1.48. The molecule has 2 nitrogen and oxygen atoms in total. The first-order valence-electron chi connectivity index (χ1n) is 6.28. The molecule has 0 amide bonds. The molecule has 2 aromatic carbocycles. The van der Waals surface area contributed by atoms with Gasteiger partial charge in [-0.2, -0.15) is 5.26 Å². The molecule has 3 heteroatoms. The summed E-state index contributed by atoms with van der Waals surface area (Å²) < 4.78 is 0. The van der Waals surface area contributed by atoms with Gasteiger partial charge in [-0.25, -0.2) is 0 Å². The number of nitriles is 1. The van der Waals surface area contributed by atoms with Crippen molar-refractivity contribution in [2.45, 2.75) is 12.3 Å². The molecular formula is C17H14BrNO. The van der Waals surface area contributed by atoms with Crippen molar-refractivity contribution in [3.8, 4) is 6.07 Å². The Balaban J connectivity index is 2.41. The van der Waals surface area contributed by atoms with Crippen LogP contribution in [0.15, 0.2) is 54.6 Å². The molecule has 0 aliphatic carbocycles. The molecule has 0 aliphatic heterocycles. The molecule has 1 atom stereocenters. The van der Waals surface area contributed by atoms with Crippen molar-refractivity contribution in [2.24, 2.45) is 0 Å². The Labute approximate surface area is 127 Å². The maximum atomic E-state index is 12.4. The zero-order valence-electron chi connectivity index (χ0n) is 11.1. The van der Waals surface area contributed by atoms with Crippen molar-refractivity contribution in [1.29, 1.82) is 5.26 Å². The fourth-order valence-corrected chi connectivity index (χ4v) is 2.38. The van der Waals surface area contributed by atoms with Crippen LogP contribution < -0.4 is 0 Å². The SMILES string of the molecule is CC(C#N)(CBr)c1cccc(C(=O)c2ccccc2)c1. The Bertz CT molecular complexity index is 660. The fourth-order valence-electron chi connectivity index (χ4n) is 1.93. The van der Waals surface area contributed by atoms with Crippen molar-refractivity contribution < 1.29 is 4.79 Å². The highest BCUT2D eigenvalue weighted by Gasteiger charge is 2.25. The maximum Gasteiger partial charge on any atom is 0.193 e. The van der Waals surface area contributed by atoms with E-state index in [1.165, 1.54) is 0 Å². The van der Waals surface area contributed by atoms with E-state index < -0.39 is 5.41 Å². The summed E-state index contributed by atoms with van der Waals surface area (Å²) in [5.74, 6) is -0.0256. The number of hydrogen-bond acceptors (Lipinski definition) is 2. The van der Waals surface area contributed by atoms with Crippen LogP contribution in [0.4, 0.5) is 0 Å².